The lowest BCUT2D eigenvalue weighted by Gasteiger charge is -2.00. The van der Waals surface area contributed by atoms with E-state index in [4.69, 9.17) is 4.74 Å². The average molecular weight is 253 g/mol. The summed E-state index contributed by atoms with van der Waals surface area (Å²) in [6, 6.07) is 1.62. The molecule has 2 rings (SSSR count). The number of aromatic nitrogens is 2. The van der Waals surface area contributed by atoms with Crippen molar-refractivity contribution >= 4 is 17.7 Å². The number of hydrogen-bond donors (Lipinski definition) is 1. The molecule has 18 heavy (non-hydrogen) atoms. The number of aryl methyl sites for hydroxylation is 1. The van der Waals surface area contributed by atoms with E-state index in [0.717, 1.165) is 0 Å². The zero-order valence-electron chi connectivity index (χ0n) is 10.5. The molecule has 2 atom stereocenters. The Bertz CT molecular complexity index is 483. The lowest BCUT2D eigenvalue weighted by atomic mass is 10.3. The van der Waals surface area contributed by atoms with Gasteiger partial charge in [0.05, 0.1) is 26.1 Å². The van der Waals surface area contributed by atoms with E-state index in [-0.39, 0.29) is 23.7 Å². The van der Waals surface area contributed by atoms with Gasteiger partial charge in [-0.3, -0.25) is 9.59 Å². The fourth-order valence-electron chi connectivity index (χ4n) is 1.82. The number of nitrogens with zero attached hydrogens (tertiary/aromatic N) is 2. The molecule has 1 saturated carbocycles. The molecule has 1 aromatic heterocycles. The summed E-state index contributed by atoms with van der Waals surface area (Å²) in [5.41, 5.74) is 0. The predicted octanol–water partition coefficient (Wildman–Crippen LogP) is 0.176. The molecule has 1 aliphatic rings. The molecule has 0 saturated heterocycles. The Morgan fingerprint density at radius 2 is 2.17 bits per heavy atom. The molecule has 7 heteroatoms. The summed E-state index contributed by atoms with van der Waals surface area (Å²) in [6.07, 6.45) is 0.530. The van der Waals surface area contributed by atoms with Crippen LogP contribution in [0.2, 0.25) is 0 Å². The molecule has 2 unspecified atom stereocenters. The molecule has 98 valence electrons. The summed E-state index contributed by atoms with van der Waals surface area (Å²) in [4.78, 5) is 23.0. The standard InChI is InChI=1S/C11H15N3O4/c1-14-9(17-2)5-8(13-14)12-10(15)6-4-7(6)11(16)18-3/h5-7H,4H2,1-3H3,(H,12,13,15). The summed E-state index contributed by atoms with van der Waals surface area (Å²) in [6.45, 7) is 0. The van der Waals surface area contributed by atoms with E-state index < -0.39 is 0 Å². The van der Waals surface area contributed by atoms with Crippen molar-refractivity contribution in [3.05, 3.63) is 6.07 Å². The van der Waals surface area contributed by atoms with Gasteiger partial charge in [0.1, 0.15) is 0 Å². The number of hydrogen-bond acceptors (Lipinski definition) is 5. The van der Waals surface area contributed by atoms with Crippen LogP contribution in [0.4, 0.5) is 5.82 Å². The molecular formula is C11H15N3O4. The predicted molar refractivity (Wildman–Crippen MR) is 62.0 cm³/mol. The van der Waals surface area contributed by atoms with Crippen LogP contribution in [0.1, 0.15) is 6.42 Å². The van der Waals surface area contributed by atoms with Gasteiger partial charge in [0.25, 0.3) is 0 Å². The quantitative estimate of drug-likeness (QED) is 0.774. The van der Waals surface area contributed by atoms with Crippen molar-refractivity contribution < 1.29 is 19.1 Å². The second kappa shape index (κ2) is 4.67. The van der Waals surface area contributed by atoms with Gasteiger partial charge in [0, 0.05) is 13.1 Å². The van der Waals surface area contributed by atoms with Gasteiger partial charge in [-0.2, -0.15) is 5.10 Å². The maximum absolute atomic E-state index is 11.8. The Balaban J connectivity index is 1.94. The first kappa shape index (κ1) is 12.4. The minimum Gasteiger partial charge on any atom is -0.481 e. The van der Waals surface area contributed by atoms with Crippen LogP contribution in [-0.4, -0.2) is 35.9 Å². The number of carbonyl (C=O) groups is 2. The second-order valence-electron chi connectivity index (χ2n) is 4.16. The summed E-state index contributed by atoms with van der Waals surface area (Å²) in [7, 11) is 4.55. The van der Waals surface area contributed by atoms with Crippen LogP contribution in [0.15, 0.2) is 6.07 Å². The number of esters is 1. The van der Waals surface area contributed by atoms with Crippen LogP contribution in [0.3, 0.4) is 0 Å². The highest BCUT2D eigenvalue weighted by atomic mass is 16.5. The molecule has 1 N–H and O–H groups in total. The fourth-order valence-corrected chi connectivity index (χ4v) is 1.82. The SMILES string of the molecule is COC(=O)C1CC1C(=O)Nc1cc(OC)n(C)n1. The number of carbonyl (C=O) groups excluding carboxylic acids is 2. The number of rotatable bonds is 4. The topological polar surface area (TPSA) is 82.5 Å². The van der Waals surface area contributed by atoms with Gasteiger partial charge in [-0.05, 0) is 6.42 Å². The minimum atomic E-state index is -0.339. The van der Waals surface area contributed by atoms with Crippen LogP contribution in [0, 0.1) is 11.8 Å². The highest BCUT2D eigenvalue weighted by Gasteiger charge is 2.49. The average Bonchev–Trinajstić information content (AvgIpc) is 3.08. The molecule has 0 radical (unpaired) electrons. The number of anilines is 1. The summed E-state index contributed by atoms with van der Waals surface area (Å²) < 4.78 is 11.1. The van der Waals surface area contributed by atoms with Crippen LogP contribution in [0.5, 0.6) is 5.88 Å². The molecule has 1 fully saturated rings. The van der Waals surface area contributed by atoms with Crippen LogP contribution in [-0.2, 0) is 21.4 Å². The third kappa shape index (κ3) is 2.29. The van der Waals surface area contributed by atoms with Crippen molar-refractivity contribution in [3.63, 3.8) is 0 Å². The second-order valence-corrected chi connectivity index (χ2v) is 4.16. The van der Waals surface area contributed by atoms with Gasteiger partial charge in [-0.1, -0.05) is 0 Å². The van der Waals surface area contributed by atoms with Gasteiger partial charge in [-0.15, -0.1) is 0 Å². The van der Waals surface area contributed by atoms with E-state index in [0.29, 0.717) is 18.1 Å². The highest BCUT2D eigenvalue weighted by molar-refractivity contribution is 5.98. The molecule has 0 bridgehead atoms. The molecule has 0 spiro atoms. The molecule has 0 aliphatic heterocycles. The largest absolute Gasteiger partial charge is 0.481 e. The Morgan fingerprint density at radius 3 is 2.72 bits per heavy atom. The summed E-state index contributed by atoms with van der Waals surface area (Å²) in [5.74, 6) is -0.230. The Morgan fingerprint density at radius 1 is 1.44 bits per heavy atom. The molecule has 0 aromatic carbocycles. The first-order valence-corrected chi connectivity index (χ1v) is 5.53. The summed E-state index contributed by atoms with van der Waals surface area (Å²) in [5, 5.41) is 6.71. The third-order valence-electron chi connectivity index (χ3n) is 2.93. The van der Waals surface area contributed by atoms with Crippen molar-refractivity contribution in [2.75, 3.05) is 19.5 Å². The van der Waals surface area contributed by atoms with Gasteiger partial charge in [0.2, 0.25) is 11.8 Å². The van der Waals surface area contributed by atoms with Crippen molar-refractivity contribution in [2.45, 2.75) is 6.42 Å². The van der Waals surface area contributed by atoms with Crippen molar-refractivity contribution in [3.8, 4) is 5.88 Å². The van der Waals surface area contributed by atoms with E-state index in [1.165, 1.54) is 18.9 Å². The van der Waals surface area contributed by atoms with E-state index in [1.54, 1.807) is 13.1 Å². The summed E-state index contributed by atoms with van der Waals surface area (Å²) >= 11 is 0. The maximum atomic E-state index is 11.8. The molecular weight excluding hydrogens is 238 g/mol. The Hall–Kier alpha value is -2.05. The van der Waals surface area contributed by atoms with E-state index >= 15 is 0 Å². The van der Waals surface area contributed by atoms with E-state index in [1.807, 2.05) is 0 Å². The Kier molecular flexibility index (Phi) is 3.22. The van der Waals surface area contributed by atoms with Crippen LogP contribution >= 0.6 is 0 Å². The van der Waals surface area contributed by atoms with E-state index in [9.17, 15) is 9.59 Å². The molecule has 1 aromatic rings. The van der Waals surface area contributed by atoms with Crippen molar-refractivity contribution in [2.24, 2.45) is 18.9 Å². The van der Waals surface area contributed by atoms with Crippen molar-refractivity contribution in [1.29, 1.82) is 0 Å². The molecule has 1 aliphatic carbocycles. The molecule has 1 heterocycles. The maximum Gasteiger partial charge on any atom is 0.309 e. The third-order valence-corrected chi connectivity index (χ3v) is 2.93. The molecule has 1 amide bonds. The fraction of sp³-hybridized carbons (Fsp3) is 0.545. The van der Waals surface area contributed by atoms with Gasteiger partial charge >= 0.3 is 5.97 Å². The lowest BCUT2D eigenvalue weighted by Crippen LogP contribution is -2.17. The number of methoxy groups -OCH3 is 2. The number of ether oxygens (including phenoxy) is 2. The van der Waals surface area contributed by atoms with Gasteiger partial charge in [0.15, 0.2) is 5.82 Å². The first-order valence-electron chi connectivity index (χ1n) is 5.53. The normalized spacial score (nSPS) is 21.3. The zero-order valence-corrected chi connectivity index (χ0v) is 10.5. The van der Waals surface area contributed by atoms with E-state index in [2.05, 4.69) is 15.2 Å². The van der Waals surface area contributed by atoms with Gasteiger partial charge < -0.3 is 14.8 Å². The number of amides is 1. The zero-order chi connectivity index (χ0) is 13.3. The highest BCUT2D eigenvalue weighted by Crippen LogP contribution is 2.40. The first-order chi connectivity index (χ1) is 8.56. The monoisotopic (exact) mass is 253 g/mol. The van der Waals surface area contributed by atoms with Gasteiger partial charge in [-0.25, -0.2) is 4.68 Å². The van der Waals surface area contributed by atoms with Crippen LogP contribution < -0.4 is 10.1 Å². The lowest BCUT2D eigenvalue weighted by molar-refractivity contribution is -0.143. The molecule has 7 nitrogen and oxygen atoms in total. The smallest absolute Gasteiger partial charge is 0.309 e. The van der Waals surface area contributed by atoms with Crippen LogP contribution in [0.25, 0.3) is 0 Å². The minimum absolute atomic E-state index is 0.217. The number of nitrogens with one attached hydrogen (secondary N) is 1. The van der Waals surface area contributed by atoms with Crippen molar-refractivity contribution in [1.82, 2.24) is 9.78 Å². The Labute approximate surface area is 104 Å².